The molecular formula is C40H42N2O4+2. The molecule has 0 spiro atoms. The van der Waals surface area contributed by atoms with Gasteiger partial charge in [0.05, 0.1) is 0 Å². The number of benzene rings is 2. The fourth-order valence-electron chi connectivity index (χ4n) is 4.51. The molecule has 0 aliphatic heterocycles. The number of aromatic nitrogens is 2. The molecule has 6 nitrogen and oxygen atoms in total. The zero-order valence-corrected chi connectivity index (χ0v) is 26.8. The number of hydrogen-bond donors (Lipinski definition) is 0. The first-order valence-electron chi connectivity index (χ1n) is 15.9. The van der Waals surface area contributed by atoms with E-state index in [0.717, 1.165) is 47.9 Å². The molecule has 0 atom stereocenters. The van der Waals surface area contributed by atoms with E-state index in [9.17, 15) is 9.59 Å². The minimum Gasteiger partial charge on any atom is -0.459 e. The molecule has 0 unspecified atom stereocenters. The standard InChI is InChI=1S/C40H42N2O4/c1-33-9-13-35(14-10-33)17-19-37-21-25-41(26-22-37)29-31-45-39(43)7-5-3-4-6-8-40(44)46-32-30-42-27-23-38(24-28-42)20-18-36-15-11-34(2)12-16-36/h9-16,21-28H,3-8,29-32H2,1-2H3/q+2. The Morgan fingerprint density at radius 3 is 1.17 bits per heavy atom. The van der Waals surface area contributed by atoms with Gasteiger partial charge in [-0.25, -0.2) is 9.13 Å². The van der Waals surface area contributed by atoms with Gasteiger partial charge < -0.3 is 9.47 Å². The van der Waals surface area contributed by atoms with Gasteiger partial charge in [0.25, 0.3) is 0 Å². The number of pyridine rings is 2. The van der Waals surface area contributed by atoms with Crippen molar-refractivity contribution in [3.8, 4) is 23.7 Å². The summed E-state index contributed by atoms with van der Waals surface area (Å²) in [4.78, 5) is 24.2. The first kappa shape index (κ1) is 33.7. The summed E-state index contributed by atoms with van der Waals surface area (Å²) in [5, 5.41) is 0. The minimum atomic E-state index is -0.190. The van der Waals surface area contributed by atoms with E-state index in [1.165, 1.54) is 11.1 Å². The lowest BCUT2D eigenvalue weighted by atomic mass is 10.1. The van der Waals surface area contributed by atoms with Crippen LogP contribution in [0.3, 0.4) is 0 Å². The molecule has 0 bridgehead atoms. The van der Waals surface area contributed by atoms with Crippen molar-refractivity contribution >= 4 is 11.9 Å². The number of carbonyl (C=O) groups is 2. The Bertz CT molecular complexity index is 1540. The second kappa shape index (κ2) is 18.6. The van der Waals surface area contributed by atoms with Crippen LogP contribution in [-0.4, -0.2) is 25.2 Å². The SMILES string of the molecule is Cc1ccc(C#Cc2cc[n+](CCOC(=O)CCCCCCC(=O)OCC[n+]3ccc(C#Cc4ccc(C)cc4)cc3)cc2)cc1. The summed E-state index contributed by atoms with van der Waals surface area (Å²) in [5.74, 6) is 12.3. The molecule has 0 saturated heterocycles. The Balaban J connectivity index is 0.998. The van der Waals surface area contributed by atoms with Gasteiger partial charge >= 0.3 is 11.9 Å². The lowest BCUT2D eigenvalue weighted by Crippen LogP contribution is -2.35. The molecule has 234 valence electrons. The quantitative estimate of drug-likeness (QED) is 0.0826. The van der Waals surface area contributed by atoms with Crippen molar-refractivity contribution in [1.29, 1.82) is 0 Å². The molecule has 4 aromatic rings. The van der Waals surface area contributed by atoms with E-state index in [4.69, 9.17) is 9.47 Å². The molecule has 46 heavy (non-hydrogen) atoms. The molecule has 0 amide bonds. The van der Waals surface area contributed by atoms with Crippen LogP contribution in [0.4, 0.5) is 0 Å². The molecule has 0 saturated carbocycles. The number of unbranched alkanes of at least 4 members (excludes halogenated alkanes) is 3. The van der Waals surface area contributed by atoms with Crippen LogP contribution in [0.25, 0.3) is 0 Å². The number of nitrogens with zero attached hydrogens (tertiary/aromatic N) is 2. The monoisotopic (exact) mass is 614 g/mol. The van der Waals surface area contributed by atoms with Gasteiger partial charge in [-0.3, -0.25) is 9.59 Å². The summed E-state index contributed by atoms with van der Waals surface area (Å²) in [5.41, 5.74) is 6.27. The summed E-state index contributed by atoms with van der Waals surface area (Å²) in [6.07, 6.45) is 11.8. The van der Waals surface area contributed by atoms with Crippen LogP contribution in [0.2, 0.25) is 0 Å². The van der Waals surface area contributed by atoms with Crippen molar-refractivity contribution in [3.05, 3.63) is 131 Å². The van der Waals surface area contributed by atoms with Crippen molar-refractivity contribution in [2.75, 3.05) is 13.2 Å². The Labute approximate surface area is 273 Å². The molecule has 0 aliphatic carbocycles. The zero-order valence-electron chi connectivity index (χ0n) is 26.8. The number of ether oxygens (including phenoxy) is 2. The lowest BCUT2D eigenvalue weighted by Gasteiger charge is -2.04. The number of esters is 2. The van der Waals surface area contributed by atoms with E-state index in [0.29, 0.717) is 39.1 Å². The molecule has 4 rings (SSSR count). The topological polar surface area (TPSA) is 60.4 Å². The van der Waals surface area contributed by atoms with Gasteiger partial charge in [0.1, 0.15) is 0 Å². The highest BCUT2D eigenvalue weighted by Crippen LogP contribution is 2.08. The first-order valence-corrected chi connectivity index (χ1v) is 15.9. The minimum absolute atomic E-state index is 0.190. The smallest absolute Gasteiger partial charge is 0.306 e. The second-order valence-electron chi connectivity index (χ2n) is 11.2. The van der Waals surface area contributed by atoms with E-state index in [1.807, 2.05) is 82.5 Å². The lowest BCUT2D eigenvalue weighted by molar-refractivity contribution is -0.698. The molecule has 2 heterocycles. The zero-order chi connectivity index (χ0) is 32.4. The molecule has 0 aliphatic rings. The molecular weight excluding hydrogens is 572 g/mol. The second-order valence-corrected chi connectivity index (χ2v) is 11.2. The highest BCUT2D eigenvalue weighted by Gasteiger charge is 2.08. The van der Waals surface area contributed by atoms with Crippen LogP contribution < -0.4 is 9.13 Å². The average Bonchev–Trinajstić information content (AvgIpc) is 3.07. The van der Waals surface area contributed by atoms with Gasteiger partial charge in [-0.1, -0.05) is 71.9 Å². The van der Waals surface area contributed by atoms with Gasteiger partial charge in [0.2, 0.25) is 0 Å². The fourth-order valence-corrected chi connectivity index (χ4v) is 4.51. The van der Waals surface area contributed by atoms with E-state index in [2.05, 4.69) is 61.8 Å². The van der Waals surface area contributed by atoms with E-state index in [-0.39, 0.29) is 11.9 Å². The number of carbonyl (C=O) groups excluding carboxylic acids is 2. The van der Waals surface area contributed by atoms with Crippen molar-refractivity contribution < 1.29 is 28.2 Å². The van der Waals surface area contributed by atoms with Crippen LogP contribution in [-0.2, 0) is 32.2 Å². The summed E-state index contributed by atoms with van der Waals surface area (Å²) in [6.45, 7) is 5.95. The van der Waals surface area contributed by atoms with Crippen molar-refractivity contribution in [1.82, 2.24) is 0 Å². The van der Waals surface area contributed by atoms with Gasteiger partial charge in [-0.2, -0.15) is 0 Å². The third-order valence-electron chi connectivity index (χ3n) is 7.32. The molecule has 0 radical (unpaired) electrons. The predicted octanol–water partition coefficient (Wildman–Crippen LogP) is 5.81. The number of rotatable bonds is 13. The van der Waals surface area contributed by atoms with Gasteiger partial charge in [0.15, 0.2) is 51.1 Å². The summed E-state index contributed by atoms with van der Waals surface area (Å²) < 4.78 is 14.7. The maximum Gasteiger partial charge on any atom is 0.306 e. The first-order chi connectivity index (χ1) is 22.4. The predicted molar refractivity (Wildman–Crippen MR) is 177 cm³/mol. The fraction of sp³-hybridized carbons (Fsp3) is 0.300. The number of hydrogen-bond acceptors (Lipinski definition) is 4. The molecule has 2 aromatic heterocycles. The molecule has 0 fully saturated rings. The van der Waals surface area contributed by atoms with Crippen LogP contribution in [0.5, 0.6) is 0 Å². The Morgan fingerprint density at radius 1 is 0.500 bits per heavy atom. The third kappa shape index (κ3) is 12.8. The molecule has 0 N–H and O–H groups in total. The van der Waals surface area contributed by atoms with Crippen LogP contribution in [0.15, 0.2) is 97.6 Å². The van der Waals surface area contributed by atoms with Gasteiger partial charge in [0, 0.05) is 59.4 Å². The normalized spacial score (nSPS) is 10.2. The van der Waals surface area contributed by atoms with Crippen molar-refractivity contribution in [2.45, 2.75) is 65.5 Å². The summed E-state index contributed by atoms with van der Waals surface area (Å²) in [6, 6.07) is 24.1. The highest BCUT2D eigenvalue weighted by molar-refractivity contribution is 5.69. The van der Waals surface area contributed by atoms with Crippen LogP contribution in [0.1, 0.15) is 71.9 Å². The molecule has 2 aromatic carbocycles. The highest BCUT2D eigenvalue weighted by atomic mass is 16.5. The molecule has 6 heteroatoms. The van der Waals surface area contributed by atoms with Crippen LogP contribution in [0, 0.1) is 37.5 Å². The Kier molecular flexibility index (Phi) is 13.6. The van der Waals surface area contributed by atoms with Crippen molar-refractivity contribution in [2.24, 2.45) is 0 Å². The van der Waals surface area contributed by atoms with Crippen molar-refractivity contribution in [3.63, 3.8) is 0 Å². The Morgan fingerprint density at radius 2 is 0.826 bits per heavy atom. The third-order valence-corrected chi connectivity index (χ3v) is 7.32. The van der Waals surface area contributed by atoms with Gasteiger partial charge in [-0.05, 0) is 51.0 Å². The Hall–Kier alpha value is -5.20. The van der Waals surface area contributed by atoms with Gasteiger partial charge in [-0.15, -0.1) is 0 Å². The largest absolute Gasteiger partial charge is 0.459 e. The van der Waals surface area contributed by atoms with E-state index in [1.54, 1.807) is 0 Å². The average molecular weight is 615 g/mol. The van der Waals surface area contributed by atoms with Crippen LogP contribution >= 0.6 is 0 Å². The summed E-state index contributed by atoms with van der Waals surface area (Å²) >= 11 is 0. The number of aryl methyl sites for hydroxylation is 2. The maximum absolute atomic E-state index is 12.1. The maximum atomic E-state index is 12.1. The van der Waals surface area contributed by atoms with E-state index < -0.39 is 0 Å². The summed E-state index contributed by atoms with van der Waals surface area (Å²) in [7, 11) is 0. The van der Waals surface area contributed by atoms with E-state index >= 15 is 0 Å².